The van der Waals surface area contributed by atoms with Crippen LogP contribution in [0.3, 0.4) is 0 Å². The van der Waals surface area contributed by atoms with Crippen LogP contribution in [-0.4, -0.2) is 9.97 Å². The number of rotatable bonds is 5. The van der Waals surface area contributed by atoms with Crippen LogP contribution in [0.15, 0.2) is 71.8 Å². The summed E-state index contributed by atoms with van der Waals surface area (Å²) in [4.78, 5) is 9.79. The standard InChI is InChI=1S/C23H14Cl4N2OS/c24-15-4-2-14(3-5-15)18-11-28-23(30-12-13-1-8-19(25)21(27)9-13)29-22(18)17-7-6-16(31)10-20(17)26/h1-11,31H,12H2. The van der Waals surface area contributed by atoms with Gasteiger partial charge in [0.2, 0.25) is 0 Å². The van der Waals surface area contributed by atoms with Gasteiger partial charge in [0.1, 0.15) is 6.61 Å². The fourth-order valence-corrected chi connectivity index (χ4v) is 3.95. The molecule has 3 nitrogen and oxygen atoms in total. The van der Waals surface area contributed by atoms with E-state index in [0.717, 1.165) is 27.1 Å². The molecule has 0 atom stereocenters. The van der Waals surface area contributed by atoms with Crippen molar-refractivity contribution >= 4 is 59.0 Å². The van der Waals surface area contributed by atoms with Gasteiger partial charge in [-0.25, -0.2) is 4.98 Å². The first-order chi connectivity index (χ1) is 14.9. The van der Waals surface area contributed by atoms with Crippen molar-refractivity contribution in [1.82, 2.24) is 9.97 Å². The minimum atomic E-state index is 0.213. The summed E-state index contributed by atoms with van der Waals surface area (Å²) >= 11 is 29.0. The Bertz CT molecular complexity index is 1250. The quantitative estimate of drug-likeness (QED) is 0.276. The molecule has 0 spiro atoms. The Balaban J connectivity index is 1.73. The maximum atomic E-state index is 6.51. The number of thiol groups is 1. The largest absolute Gasteiger partial charge is 0.459 e. The molecule has 0 saturated heterocycles. The van der Waals surface area contributed by atoms with Crippen LogP contribution in [0.2, 0.25) is 20.1 Å². The molecule has 0 aliphatic carbocycles. The van der Waals surface area contributed by atoms with Crippen LogP contribution in [-0.2, 0) is 6.61 Å². The second-order valence-electron chi connectivity index (χ2n) is 6.62. The molecule has 0 unspecified atom stereocenters. The maximum Gasteiger partial charge on any atom is 0.317 e. The topological polar surface area (TPSA) is 35.0 Å². The van der Waals surface area contributed by atoms with Crippen molar-refractivity contribution < 1.29 is 4.74 Å². The van der Waals surface area contributed by atoms with Crippen molar-refractivity contribution in [1.29, 1.82) is 0 Å². The third-order valence-electron chi connectivity index (χ3n) is 4.48. The Morgan fingerprint density at radius 1 is 0.774 bits per heavy atom. The predicted molar refractivity (Wildman–Crippen MR) is 131 cm³/mol. The zero-order valence-electron chi connectivity index (χ0n) is 15.8. The predicted octanol–water partition coefficient (Wildman–Crippen LogP) is 8.29. The van der Waals surface area contributed by atoms with Gasteiger partial charge in [-0.2, -0.15) is 4.98 Å². The van der Waals surface area contributed by atoms with Gasteiger partial charge >= 0.3 is 6.01 Å². The van der Waals surface area contributed by atoms with Crippen molar-refractivity contribution in [3.8, 4) is 28.4 Å². The highest BCUT2D eigenvalue weighted by molar-refractivity contribution is 7.80. The zero-order chi connectivity index (χ0) is 22.0. The SMILES string of the molecule is Sc1ccc(-c2nc(OCc3ccc(Cl)c(Cl)c3)ncc2-c2ccc(Cl)cc2)c(Cl)c1. The number of aromatic nitrogens is 2. The van der Waals surface area contributed by atoms with Gasteiger partial charge < -0.3 is 4.74 Å². The van der Waals surface area contributed by atoms with Crippen molar-refractivity contribution in [2.24, 2.45) is 0 Å². The summed E-state index contributed by atoms with van der Waals surface area (Å²) in [6, 6.07) is 18.4. The van der Waals surface area contributed by atoms with E-state index in [4.69, 9.17) is 51.1 Å². The summed E-state index contributed by atoms with van der Waals surface area (Å²) in [5.41, 5.74) is 3.93. The van der Waals surface area contributed by atoms with E-state index in [1.807, 2.05) is 42.5 Å². The summed E-state index contributed by atoms with van der Waals surface area (Å²) in [5, 5.41) is 2.11. The van der Waals surface area contributed by atoms with E-state index >= 15 is 0 Å². The summed E-state index contributed by atoms with van der Waals surface area (Å²) < 4.78 is 5.82. The lowest BCUT2D eigenvalue weighted by Crippen LogP contribution is -2.02. The van der Waals surface area contributed by atoms with E-state index < -0.39 is 0 Å². The Kier molecular flexibility index (Phi) is 6.95. The molecule has 0 saturated carbocycles. The minimum Gasteiger partial charge on any atom is -0.459 e. The van der Waals surface area contributed by atoms with E-state index in [1.54, 1.807) is 24.4 Å². The van der Waals surface area contributed by atoms with E-state index in [-0.39, 0.29) is 12.6 Å². The monoisotopic (exact) mass is 506 g/mol. The van der Waals surface area contributed by atoms with Gasteiger partial charge in [-0.05, 0) is 47.5 Å². The second kappa shape index (κ2) is 9.68. The minimum absolute atomic E-state index is 0.213. The molecule has 1 aromatic heterocycles. The lowest BCUT2D eigenvalue weighted by Gasteiger charge is -2.13. The molecule has 4 aromatic rings. The van der Waals surface area contributed by atoms with Crippen LogP contribution >= 0.6 is 59.0 Å². The molecule has 0 fully saturated rings. The fraction of sp³-hybridized carbons (Fsp3) is 0.0435. The van der Waals surface area contributed by atoms with Crippen LogP contribution in [0.4, 0.5) is 0 Å². The zero-order valence-corrected chi connectivity index (χ0v) is 19.7. The molecule has 4 rings (SSSR count). The maximum absolute atomic E-state index is 6.51. The molecule has 1 heterocycles. The van der Waals surface area contributed by atoms with Crippen molar-refractivity contribution in [2.75, 3.05) is 0 Å². The molecule has 0 bridgehead atoms. The number of ether oxygens (including phenoxy) is 1. The summed E-state index contributed by atoms with van der Waals surface area (Å²) in [5.74, 6) is 0. The van der Waals surface area contributed by atoms with Crippen LogP contribution in [0.5, 0.6) is 6.01 Å². The van der Waals surface area contributed by atoms with E-state index in [0.29, 0.717) is 25.8 Å². The Morgan fingerprint density at radius 2 is 1.55 bits per heavy atom. The van der Waals surface area contributed by atoms with Gasteiger partial charge in [0.15, 0.2) is 0 Å². The molecule has 0 aliphatic rings. The number of nitrogens with zero attached hydrogens (tertiary/aromatic N) is 2. The first kappa shape index (κ1) is 22.3. The van der Waals surface area contributed by atoms with Gasteiger partial charge in [-0.1, -0.05) is 70.7 Å². The fourth-order valence-electron chi connectivity index (χ4n) is 2.95. The average Bonchev–Trinajstić information content (AvgIpc) is 2.75. The first-order valence-electron chi connectivity index (χ1n) is 9.09. The van der Waals surface area contributed by atoms with Crippen LogP contribution in [0.1, 0.15) is 5.56 Å². The highest BCUT2D eigenvalue weighted by Crippen LogP contribution is 2.36. The molecule has 0 amide bonds. The van der Waals surface area contributed by atoms with Crippen LogP contribution < -0.4 is 4.74 Å². The highest BCUT2D eigenvalue weighted by Gasteiger charge is 2.15. The van der Waals surface area contributed by atoms with Crippen molar-refractivity contribution in [3.05, 3.63) is 92.5 Å². The van der Waals surface area contributed by atoms with E-state index in [9.17, 15) is 0 Å². The van der Waals surface area contributed by atoms with Crippen molar-refractivity contribution in [3.63, 3.8) is 0 Å². The number of hydrogen-bond acceptors (Lipinski definition) is 4. The lowest BCUT2D eigenvalue weighted by atomic mass is 10.0. The second-order valence-corrected chi connectivity index (χ2v) is 8.80. The van der Waals surface area contributed by atoms with Crippen molar-refractivity contribution in [2.45, 2.75) is 11.5 Å². The number of halogens is 4. The molecule has 31 heavy (non-hydrogen) atoms. The molecule has 3 aromatic carbocycles. The van der Waals surface area contributed by atoms with Gasteiger partial charge in [-0.15, -0.1) is 12.6 Å². The number of hydrogen-bond donors (Lipinski definition) is 1. The number of benzene rings is 3. The van der Waals surface area contributed by atoms with Gasteiger partial charge in [0.05, 0.1) is 20.8 Å². The first-order valence-corrected chi connectivity index (χ1v) is 11.1. The van der Waals surface area contributed by atoms with Gasteiger partial charge in [0.25, 0.3) is 0 Å². The van der Waals surface area contributed by atoms with E-state index in [1.165, 1.54) is 0 Å². The Labute approximate surface area is 205 Å². The molecule has 0 aliphatic heterocycles. The lowest BCUT2D eigenvalue weighted by molar-refractivity contribution is 0.281. The molecular weight excluding hydrogens is 494 g/mol. The summed E-state index contributed by atoms with van der Waals surface area (Å²) in [6.07, 6.45) is 1.71. The third kappa shape index (κ3) is 5.28. The highest BCUT2D eigenvalue weighted by atomic mass is 35.5. The Hall–Kier alpha value is -1.95. The van der Waals surface area contributed by atoms with E-state index in [2.05, 4.69) is 22.6 Å². The normalized spacial score (nSPS) is 10.9. The van der Waals surface area contributed by atoms with Gasteiger partial charge in [-0.3, -0.25) is 0 Å². The van der Waals surface area contributed by atoms with Crippen LogP contribution in [0.25, 0.3) is 22.4 Å². The summed E-state index contributed by atoms with van der Waals surface area (Å²) in [6.45, 7) is 0.236. The smallest absolute Gasteiger partial charge is 0.317 e. The molecular formula is C23H14Cl4N2OS. The van der Waals surface area contributed by atoms with Gasteiger partial charge in [0, 0.05) is 27.2 Å². The summed E-state index contributed by atoms with van der Waals surface area (Å²) in [7, 11) is 0. The Morgan fingerprint density at radius 3 is 2.26 bits per heavy atom. The average molecular weight is 508 g/mol. The van der Waals surface area contributed by atoms with Crippen LogP contribution in [0, 0.1) is 0 Å². The molecule has 0 N–H and O–H groups in total. The third-order valence-corrected chi connectivity index (χ3v) is 6.06. The molecule has 8 heteroatoms. The molecule has 0 radical (unpaired) electrons. The molecule has 156 valence electrons.